The molecule has 2 rings (SSSR count). The van der Waals surface area contributed by atoms with Gasteiger partial charge in [0.25, 0.3) is 0 Å². The molecule has 1 atom stereocenters. The number of hydrogen-bond donors (Lipinski definition) is 1. The van der Waals surface area contributed by atoms with Crippen LogP contribution in [0.4, 0.5) is 0 Å². The van der Waals surface area contributed by atoms with E-state index in [4.69, 9.17) is 10.5 Å². The molecule has 0 aromatic heterocycles. The molecule has 0 aliphatic rings. The first-order valence-electron chi connectivity index (χ1n) is 6.17. The molecule has 0 saturated carbocycles. The number of benzene rings is 2. The van der Waals surface area contributed by atoms with Crippen LogP contribution in [0.1, 0.15) is 22.7 Å². The first-order valence-corrected chi connectivity index (χ1v) is 6.17. The van der Waals surface area contributed by atoms with Crippen LogP contribution in [-0.4, -0.2) is 6.61 Å². The number of ether oxygens (including phenoxy) is 1. The third-order valence-electron chi connectivity index (χ3n) is 3.00. The predicted molar refractivity (Wildman–Crippen MR) is 74.8 cm³/mol. The summed E-state index contributed by atoms with van der Waals surface area (Å²) in [6.45, 7) is 4.67. The summed E-state index contributed by atoms with van der Waals surface area (Å²) in [5.41, 5.74) is 9.80. The maximum atomic E-state index is 6.17. The Bertz CT molecular complexity index is 508. The molecule has 2 aromatic carbocycles. The Hall–Kier alpha value is -1.80. The fourth-order valence-electron chi connectivity index (χ4n) is 2.03. The molecule has 2 N–H and O–H groups in total. The standard InChI is InChI=1S/C16H19NO/c1-12-8-9-15(13(2)10-12)16(17)11-18-14-6-4-3-5-7-14/h3-10,16H,11,17H2,1-2H3. The molecule has 0 aliphatic heterocycles. The van der Waals surface area contributed by atoms with Gasteiger partial charge in [0.15, 0.2) is 0 Å². The van der Waals surface area contributed by atoms with Gasteiger partial charge in [-0.2, -0.15) is 0 Å². The van der Waals surface area contributed by atoms with Crippen LogP contribution in [-0.2, 0) is 0 Å². The van der Waals surface area contributed by atoms with Crippen LogP contribution >= 0.6 is 0 Å². The molecule has 0 heterocycles. The summed E-state index contributed by atoms with van der Waals surface area (Å²) in [7, 11) is 0. The molecule has 1 unspecified atom stereocenters. The highest BCUT2D eigenvalue weighted by Gasteiger charge is 2.09. The molecule has 2 heteroatoms. The summed E-state index contributed by atoms with van der Waals surface area (Å²) in [4.78, 5) is 0. The molecule has 2 aromatic rings. The second kappa shape index (κ2) is 5.69. The van der Waals surface area contributed by atoms with E-state index in [0.717, 1.165) is 11.3 Å². The molecule has 94 valence electrons. The van der Waals surface area contributed by atoms with E-state index in [-0.39, 0.29) is 6.04 Å². The summed E-state index contributed by atoms with van der Waals surface area (Å²) in [6.07, 6.45) is 0. The molecule has 0 saturated heterocycles. The van der Waals surface area contributed by atoms with E-state index in [9.17, 15) is 0 Å². The maximum Gasteiger partial charge on any atom is 0.119 e. The molecular weight excluding hydrogens is 222 g/mol. The Balaban J connectivity index is 2.01. The molecule has 0 spiro atoms. The lowest BCUT2D eigenvalue weighted by Crippen LogP contribution is -2.20. The van der Waals surface area contributed by atoms with E-state index >= 15 is 0 Å². The normalized spacial score (nSPS) is 12.2. The minimum absolute atomic E-state index is 0.0918. The first kappa shape index (κ1) is 12.7. The van der Waals surface area contributed by atoms with Crippen LogP contribution in [0.3, 0.4) is 0 Å². The van der Waals surface area contributed by atoms with Crippen molar-refractivity contribution >= 4 is 0 Å². The van der Waals surface area contributed by atoms with Crippen molar-refractivity contribution in [3.8, 4) is 5.75 Å². The van der Waals surface area contributed by atoms with Crippen molar-refractivity contribution in [3.63, 3.8) is 0 Å². The van der Waals surface area contributed by atoms with E-state index in [0.29, 0.717) is 6.61 Å². The molecule has 2 nitrogen and oxygen atoms in total. The third-order valence-corrected chi connectivity index (χ3v) is 3.00. The van der Waals surface area contributed by atoms with Crippen molar-refractivity contribution in [3.05, 3.63) is 65.2 Å². The zero-order valence-corrected chi connectivity index (χ0v) is 10.9. The highest BCUT2D eigenvalue weighted by Crippen LogP contribution is 2.18. The van der Waals surface area contributed by atoms with Gasteiger partial charge in [0.1, 0.15) is 12.4 Å². The van der Waals surface area contributed by atoms with Gasteiger partial charge in [0.2, 0.25) is 0 Å². The average Bonchev–Trinajstić information content (AvgIpc) is 2.37. The maximum absolute atomic E-state index is 6.17. The summed E-state index contributed by atoms with van der Waals surface area (Å²) in [5, 5.41) is 0. The summed E-state index contributed by atoms with van der Waals surface area (Å²) >= 11 is 0. The van der Waals surface area contributed by atoms with E-state index in [1.54, 1.807) is 0 Å². The Morgan fingerprint density at radius 3 is 2.44 bits per heavy atom. The monoisotopic (exact) mass is 241 g/mol. The SMILES string of the molecule is Cc1ccc(C(N)COc2ccccc2)c(C)c1. The molecule has 0 fully saturated rings. The summed E-state index contributed by atoms with van der Waals surface area (Å²) in [5.74, 6) is 0.859. The Morgan fingerprint density at radius 1 is 1.06 bits per heavy atom. The van der Waals surface area contributed by atoms with Crippen molar-refractivity contribution in [1.29, 1.82) is 0 Å². The third kappa shape index (κ3) is 3.11. The van der Waals surface area contributed by atoms with Gasteiger partial charge in [0, 0.05) is 0 Å². The average molecular weight is 241 g/mol. The highest BCUT2D eigenvalue weighted by atomic mass is 16.5. The number of para-hydroxylation sites is 1. The predicted octanol–water partition coefficient (Wildman–Crippen LogP) is 3.38. The number of hydrogen-bond acceptors (Lipinski definition) is 2. The van der Waals surface area contributed by atoms with Gasteiger partial charge in [-0.05, 0) is 37.1 Å². The van der Waals surface area contributed by atoms with Crippen LogP contribution in [0.25, 0.3) is 0 Å². The lowest BCUT2D eigenvalue weighted by molar-refractivity contribution is 0.290. The molecule has 0 bridgehead atoms. The molecule has 0 aliphatic carbocycles. The van der Waals surface area contributed by atoms with Crippen LogP contribution in [0, 0.1) is 13.8 Å². The Labute approximate surface area is 108 Å². The van der Waals surface area contributed by atoms with Gasteiger partial charge in [0.05, 0.1) is 6.04 Å². The van der Waals surface area contributed by atoms with Crippen LogP contribution in [0.2, 0.25) is 0 Å². The van der Waals surface area contributed by atoms with Crippen LogP contribution < -0.4 is 10.5 Å². The van der Waals surface area contributed by atoms with E-state index < -0.39 is 0 Å². The van der Waals surface area contributed by atoms with Gasteiger partial charge in [-0.15, -0.1) is 0 Å². The topological polar surface area (TPSA) is 35.2 Å². The molecule has 18 heavy (non-hydrogen) atoms. The Kier molecular flexibility index (Phi) is 4.00. The second-order valence-electron chi connectivity index (χ2n) is 4.59. The largest absolute Gasteiger partial charge is 0.492 e. The number of aryl methyl sites for hydroxylation is 2. The highest BCUT2D eigenvalue weighted by molar-refractivity contribution is 5.33. The molecule has 0 radical (unpaired) electrons. The second-order valence-corrected chi connectivity index (χ2v) is 4.59. The van der Waals surface area contributed by atoms with Crippen LogP contribution in [0.5, 0.6) is 5.75 Å². The number of rotatable bonds is 4. The van der Waals surface area contributed by atoms with Crippen LogP contribution in [0.15, 0.2) is 48.5 Å². The van der Waals surface area contributed by atoms with Crippen molar-refractivity contribution in [2.45, 2.75) is 19.9 Å². The van der Waals surface area contributed by atoms with Gasteiger partial charge < -0.3 is 10.5 Å². The van der Waals surface area contributed by atoms with Crippen molar-refractivity contribution in [2.24, 2.45) is 5.73 Å². The minimum atomic E-state index is -0.0918. The van der Waals surface area contributed by atoms with E-state index in [2.05, 4.69) is 32.0 Å². The quantitative estimate of drug-likeness (QED) is 0.890. The minimum Gasteiger partial charge on any atom is -0.492 e. The molecular formula is C16H19NO. The van der Waals surface area contributed by atoms with Crippen molar-refractivity contribution < 1.29 is 4.74 Å². The fraction of sp³-hybridized carbons (Fsp3) is 0.250. The van der Waals surface area contributed by atoms with Gasteiger partial charge in [-0.25, -0.2) is 0 Å². The summed E-state index contributed by atoms with van der Waals surface area (Å²) in [6, 6.07) is 16.0. The first-order chi connectivity index (χ1) is 8.66. The summed E-state index contributed by atoms with van der Waals surface area (Å²) < 4.78 is 5.68. The zero-order chi connectivity index (χ0) is 13.0. The number of nitrogens with two attached hydrogens (primary N) is 1. The Morgan fingerprint density at radius 2 is 1.78 bits per heavy atom. The fourth-order valence-corrected chi connectivity index (χ4v) is 2.03. The smallest absolute Gasteiger partial charge is 0.119 e. The van der Waals surface area contributed by atoms with Gasteiger partial charge in [-0.3, -0.25) is 0 Å². The van der Waals surface area contributed by atoms with Crippen molar-refractivity contribution in [1.82, 2.24) is 0 Å². The van der Waals surface area contributed by atoms with Gasteiger partial charge in [-0.1, -0.05) is 42.0 Å². The van der Waals surface area contributed by atoms with Crippen molar-refractivity contribution in [2.75, 3.05) is 6.61 Å². The van der Waals surface area contributed by atoms with E-state index in [1.807, 2.05) is 30.3 Å². The zero-order valence-electron chi connectivity index (χ0n) is 10.9. The lowest BCUT2D eigenvalue weighted by atomic mass is 10.0. The van der Waals surface area contributed by atoms with Gasteiger partial charge >= 0.3 is 0 Å². The lowest BCUT2D eigenvalue weighted by Gasteiger charge is -2.16. The van der Waals surface area contributed by atoms with E-state index in [1.165, 1.54) is 11.1 Å². The molecule has 0 amide bonds.